The molecule has 0 unspecified atom stereocenters. The van der Waals surface area contributed by atoms with Crippen molar-refractivity contribution in [1.29, 1.82) is 0 Å². The quantitative estimate of drug-likeness (QED) is 0.808. The molecule has 2 aromatic rings. The molecule has 1 fully saturated rings. The molecule has 0 aromatic heterocycles. The molecule has 2 aliphatic rings. The van der Waals surface area contributed by atoms with E-state index in [4.69, 9.17) is 4.74 Å². The standard InChI is InChI=1S/C21H23NO3S/c1-15-7-9-18(10-8-15)26(23,24)22-12-11-21(2)14-19(21)20(22)16-5-4-6-17(13-16)25-3/h4-13,19-20H,14H2,1-3H3/t19-,20-,21-/m1/s1. The Kier molecular flexibility index (Phi) is 3.88. The number of hydrogen-bond acceptors (Lipinski definition) is 3. The topological polar surface area (TPSA) is 46.6 Å². The summed E-state index contributed by atoms with van der Waals surface area (Å²) in [6.45, 7) is 4.14. The monoisotopic (exact) mass is 369 g/mol. The average molecular weight is 369 g/mol. The largest absolute Gasteiger partial charge is 0.497 e. The molecule has 0 radical (unpaired) electrons. The molecule has 3 atom stereocenters. The van der Waals surface area contributed by atoms with Crippen molar-refractivity contribution in [3.63, 3.8) is 0 Å². The van der Waals surface area contributed by atoms with Crippen LogP contribution in [0.4, 0.5) is 0 Å². The average Bonchev–Trinajstić information content (AvgIpc) is 3.33. The van der Waals surface area contributed by atoms with Gasteiger partial charge < -0.3 is 4.74 Å². The minimum Gasteiger partial charge on any atom is -0.497 e. The number of nitrogens with zero attached hydrogens (tertiary/aromatic N) is 1. The van der Waals surface area contributed by atoms with Crippen molar-refractivity contribution in [1.82, 2.24) is 4.31 Å². The van der Waals surface area contributed by atoms with Gasteiger partial charge in [-0.2, -0.15) is 0 Å². The molecule has 4 rings (SSSR count). The molecule has 1 saturated carbocycles. The Morgan fingerprint density at radius 1 is 1.15 bits per heavy atom. The van der Waals surface area contributed by atoms with Crippen LogP contribution in [-0.4, -0.2) is 19.8 Å². The molecule has 2 aromatic carbocycles. The van der Waals surface area contributed by atoms with E-state index >= 15 is 0 Å². The number of methoxy groups -OCH3 is 1. The highest BCUT2D eigenvalue weighted by atomic mass is 32.2. The van der Waals surface area contributed by atoms with E-state index in [0.29, 0.717) is 4.90 Å². The highest BCUT2D eigenvalue weighted by molar-refractivity contribution is 7.89. The van der Waals surface area contributed by atoms with Gasteiger partial charge in [0.15, 0.2) is 0 Å². The Morgan fingerprint density at radius 3 is 2.58 bits per heavy atom. The first kappa shape index (κ1) is 17.2. The zero-order valence-corrected chi connectivity index (χ0v) is 16.0. The first-order valence-corrected chi connectivity index (χ1v) is 10.2. The Labute approximate surface area is 155 Å². The van der Waals surface area contributed by atoms with Gasteiger partial charge in [0, 0.05) is 6.20 Å². The number of fused-ring (bicyclic) bond motifs is 1. The number of hydrogen-bond donors (Lipinski definition) is 0. The molecule has 5 heteroatoms. The molecule has 1 aliphatic heterocycles. The second-order valence-corrected chi connectivity index (χ2v) is 9.34. The van der Waals surface area contributed by atoms with Crippen molar-refractivity contribution in [2.45, 2.75) is 31.2 Å². The lowest BCUT2D eigenvalue weighted by Crippen LogP contribution is -2.35. The maximum absolute atomic E-state index is 13.3. The van der Waals surface area contributed by atoms with Gasteiger partial charge in [0.25, 0.3) is 10.0 Å². The minimum atomic E-state index is -3.62. The third kappa shape index (κ3) is 2.71. The van der Waals surface area contributed by atoms with E-state index in [1.807, 2.05) is 49.4 Å². The van der Waals surface area contributed by atoms with Crippen LogP contribution in [0, 0.1) is 18.3 Å². The molecule has 1 aliphatic carbocycles. The molecule has 0 bridgehead atoms. The summed E-state index contributed by atoms with van der Waals surface area (Å²) in [6.07, 6.45) is 4.79. The number of sulfonamides is 1. The van der Waals surface area contributed by atoms with E-state index in [9.17, 15) is 8.42 Å². The van der Waals surface area contributed by atoms with Gasteiger partial charge in [-0.25, -0.2) is 8.42 Å². The molecule has 0 amide bonds. The summed E-state index contributed by atoms with van der Waals surface area (Å²) in [7, 11) is -2.00. The van der Waals surface area contributed by atoms with Crippen molar-refractivity contribution < 1.29 is 13.2 Å². The van der Waals surface area contributed by atoms with Gasteiger partial charge in [-0.15, -0.1) is 0 Å². The summed E-state index contributed by atoms with van der Waals surface area (Å²) in [5.74, 6) is 1.02. The third-order valence-electron chi connectivity index (χ3n) is 5.64. The fraction of sp³-hybridized carbons (Fsp3) is 0.333. The predicted octanol–water partition coefficient (Wildman–Crippen LogP) is 4.29. The van der Waals surface area contributed by atoms with Crippen molar-refractivity contribution in [2.75, 3.05) is 7.11 Å². The van der Waals surface area contributed by atoms with Gasteiger partial charge in [-0.3, -0.25) is 4.31 Å². The molecule has 4 nitrogen and oxygen atoms in total. The highest BCUT2D eigenvalue weighted by Crippen LogP contribution is 2.63. The van der Waals surface area contributed by atoms with Crippen LogP contribution in [0.1, 0.15) is 30.5 Å². The zero-order chi connectivity index (χ0) is 18.5. The van der Waals surface area contributed by atoms with Crippen LogP contribution in [0.25, 0.3) is 0 Å². The SMILES string of the molecule is COc1cccc([C@@H]2[C@H]3C[C@@]3(C)C=CN2S(=O)(=O)c2ccc(C)cc2)c1. The summed E-state index contributed by atoms with van der Waals surface area (Å²) in [5.41, 5.74) is 2.09. The molecule has 1 heterocycles. The highest BCUT2D eigenvalue weighted by Gasteiger charge is 2.58. The van der Waals surface area contributed by atoms with Crippen LogP contribution >= 0.6 is 0 Å². The van der Waals surface area contributed by atoms with E-state index in [0.717, 1.165) is 23.3 Å². The van der Waals surface area contributed by atoms with Crippen LogP contribution in [-0.2, 0) is 10.0 Å². The van der Waals surface area contributed by atoms with E-state index < -0.39 is 10.0 Å². The molecule has 0 saturated heterocycles. The van der Waals surface area contributed by atoms with Crippen LogP contribution in [0.5, 0.6) is 5.75 Å². The molecule has 0 spiro atoms. The van der Waals surface area contributed by atoms with E-state index in [1.54, 1.807) is 25.4 Å². The maximum atomic E-state index is 13.3. The normalized spacial score (nSPS) is 27.1. The molecular weight excluding hydrogens is 346 g/mol. The zero-order valence-electron chi connectivity index (χ0n) is 15.2. The van der Waals surface area contributed by atoms with Gasteiger partial charge in [0.2, 0.25) is 0 Å². The lowest BCUT2D eigenvalue weighted by atomic mass is 9.93. The van der Waals surface area contributed by atoms with Crippen LogP contribution in [0.2, 0.25) is 0 Å². The number of aryl methyl sites for hydroxylation is 1. The number of ether oxygens (including phenoxy) is 1. The molecule has 0 N–H and O–H groups in total. The number of allylic oxidation sites excluding steroid dienone is 1. The van der Waals surface area contributed by atoms with Gasteiger partial charge in [0.05, 0.1) is 18.0 Å². The number of benzene rings is 2. The Morgan fingerprint density at radius 2 is 1.88 bits per heavy atom. The maximum Gasteiger partial charge on any atom is 0.264 e. The van der Waals surface area contributed by atoms with Crippen molar-refractivity contribution in [3.05, 3.63) is 71.9 Å². The van der Waals surface area contributed by atoms with Crippen molar-refractivity contribution in [3.8, 4) is 5.75 Å². The molecule has 26 heavy (non-hydrogen) atoms. The summed E-state index contributed by atoms with van der Waals surface area (Å²) in [4.78, 5) is 0.324. The molecule has 136 valence electrons. The summed E-state index contributed by atoms with van der Waals surface area (Å²) < 4.78 is 33.6. The fourth-order valence-electron chi connectivity index (χ4n) is 3.86. The lowest BCUT2D eigenvalue weighted by Gasteiger charge is -2.35. The summed E-state index contributed by atoms with van der Waals surface area (Å²) >= 11 is 0. The lowest BCUT2D eigenvalue weighted by molar-refractivity contribution is 0.322. The van der Waals surface area contributed by atoms with E-state index in [-0.39, 0.29) is 17.4 Å². The first-order valence-electron chi connectivity index (χ1n) is 8.79. The molecular formula is C21H23NO3S. The number of rotatable bonds is 4. The second-order valence-electron chi connectivity index (χ2n) is 7.50. The van der Waals surface area contributed by atoms with Crippen molar-refractivity contribution >= 4 is 10.0 Å². The smallest absolute Gasteiger partial charge is 0.264 e. The van der Waals surface area contributed by atoms with Crippen LogP contribution in [0.15, 0.2) is 65.7 Å². The Bertz CT molecular complexity index is 965. The minimum absolute atomic E-state index is 0.0764. The Hall–Kier alpha value is -2.27. The van der Waals surface area contributed by atoms with E-state index in [2.05, 4.69) is 6.92 Å². The predicted molar refractivity (Wildman–Crippen MR) is 101 cm³/mol. The van der Waals surface area contributed by atoms with Gasteiger partial charge in [-0.05, 0) is 54.5 Å². The van der Waals surface area contributed by atoms with Crippen LogP contribution in [0.3, 0.4) is 0 Å². The summed E-state index contributed by atoms with van der Waals surface area (Å²) in [5, 5.41) is 0. The fourth-order valence-corrected chi connectivity index (χ4v) is 5.37. The van der Waals surface area contributed by atoms with Gasteiger partial charge >= 0.3 is 0 Å². The first-order chi connectivity index (χ1) is 12.3. The van der Waals surface area contributed by atoms with E-state index in [1.165, 1.54) is 4.31 Å². The Balaban J connectivity index is 1.80. The van der Waals surface area contributed by atoms with Crippen molar-refractivity contribution in [2.24, 2.45) is 11.3 Å². The van der Waals surface area contributed by atoms with Gasteiger partial charge in [0.1, 0.15) is 5.75 Å². The third-order valence-corrected chi connectivity index (χ3v) is 7.41. The van der Waals surface area contributed by atoms with Crippen LogP contribution < -0.4 is 4.74 Å². The summed E-state index contributed by atoms with van der Waals surface area (Å²) in [6, 6.07) is 14.6. The second kappa shape index (κ2) is 5.88. The van der Waals surface area contributed by atoms with Gasteiger partial charge in [-0.1, -0.05) is 42.8 Å².